The average molecular weight is 455 g/mol. The third kappa shape index (κ3) is 3.15. The summed E-state index contributed by atoms with van der Waals surface area (Å²) in [6, 6.07) is 12.8. The minimum atomic E-state index is 0.117. The van der Waals surface area contributed by atoms with Gasteiger partial charge in [0.1, 0.15) is 20.8 Å². The van der Waals surface area contributed by atoms with E-state index in [4.69, 9.17) is 0 Å². The van der Waals surface area contributed by atoms with Crippen LogP contribution in [0, 0.1) is 0 Å². The zero-order valence-electron chi connectivity index (χ0n) is 17.3. The SMILES string of the molecule is CCn1c(=O)/c(=C2/Sc3ccc4ccccc4c3N2C)s/c1=C/C1=[N+](CC)CCS1. The van der Waals surface area contributed by atoms with Crippen LogP contribution in [0.4, 0.5) is 5.69 Å². The van der Waals surface area contributed by atoms with Crippen LogP contribution in [-0.2, 0) is 6.54 Å². The lowest BCUT2D eigenvalue weighted by Crippen LogP contribution is -2.33. The molecule has 0 radical (unpaired) electrons. The summed E-state index contributed by atoms with van der Waals surface area (Å²) >= 11 is 5.22. The van der Waals surface area contributed by atoms with E-state index >= 15 is 0 Å². The van der Waals surface area contributed by atoms with Crippen molar-refractivity contribution in [2.75, 3.05) is 30.8 Å². The maximum atomic E-state index is 13.4. The van der Waals surface area contributed by atoms with E-state index in [2.05, 4.69) is 72.8 Å². The molecule has 0 fully saturated rings. The summed E-state index contributed by atoms with van der Waals surface area (Å²) in [5.41, 5.74) is 1.32. The molecular formula is C23H24N3OS3+. The predicted molar refractivity (Wildman–Crippen MR) is 133 cm³/mol. The Bertz CT molecular complexity index is 1370. The number of benzene rings is 2. The summed E-state index contributed by atoms with van der Waals surface area (Å²) in [5, 5.41) is 4.77. The second-order valence-corrected chi connectivity index (χ2v) is 10.5. The van der Waals surface area contributed by atoms with Gasteiger partial charge in [0.15, 0.2) is 6.54 Å². The van der Waals surface area contributed by atoms with Crippen molar-refractivity contribution < 1.29 is 4.58 Å². The van der Waals surface area contributed by atoms with Crippen LogP contribution < -0.4 is 19.7 Å². The number of fused-ring (bicyclic) bond motifs is 3. The number of rotatable bonds is 3. The van der Waals surface area contributed by atoms with E-state index in [0.29, 0.717) is 6.54 Å². The summed E-state index contributed by atoms with van der Waals surface area (Å²) in [5.74, 6) is 1.12. The maximum absolute atomic E-state index is 13.4. The standard InChI is InChI=1S/C23H24N3OS3/c1-4-25-12-13-28-18(25)14-19-26(5-2)22(27)21(30-19)23-24(3)20-16-9-7-6-8-15(16)10-11-17(20)29-23/h6-11,14H,4-5,12-13H2,1-3H3/q+1/b23-21-. The summed E-state index contributed by atoms with van der Waals surface area (Å²) in [6.45, 7) is 7.01. The minimum Gasteiger partial charge on any atom is -0.336 e. The highest BCUT2D eigenvalue weighted by atomic mass is 32.2. The first-order chi connectivity index (χ1) is 14.6. The Morgan fingerprint density at radius 1 is 1.17 bits per heavy atom. The van der Waals surface area contributed by atoms with Gasteiger partial charge in [-0.25, -0.2) is 4.58 Å². The third-order valence-electron chi connectivity index (χ3n) is 5.68. The Morgan fingerprint density at radius 2 is 2.00 bits per heavy atom. The first-order valence-electron chi connectivity index (χ1n) is 10.3. The van der Waals surface area contributed by atoms with Crippen molar-refractivity contribution in [3.8, 4) is 0 Å². The summed E-state index contributed by atoms with van der Waals surface area (Å²) in [7, 11) is 2.08. The van der Waals surface area contributed by atoms with Crippen molar-refractivity contribution in [3.63, 3.8) is 0 Å². The van der Waals surface area contributed by atoms with Gasteiger partial charge < -0.3 is 4.90 Å². The van der Waals surface area contributed by atoms with Crippen molar-refractivity contribution in [1.82, 2.24) is 4.57 Å². The second-order valence-electron chi connectivity index (χ2n) is 7.33. The van der Waals surface area contributed by atoms with Crippen LogP contribution in [0.1, 0.15) is 13.8 Å². The van der Waals surface area contributed by atoms with Crippen LogP contribution >= 0.6 is 34.9 Å². The van der Waals surface area contributed by atoms with Gasteiger partial charge in [-0.1, -0.05) is 53.9 Å². The Hall–Kier alpha value is -1.96. The molecule has 0 saturated heterocycles. The summed E-state index contributed by atoms with van der Waals surface area (Å²) in [4.78, 5) is 16.8. The molecule has 0 N–H and O–H groups in total. The topological polar surface area (TPSA) is 28.2 Å². The number of hydrogen-bond donors (Lipinski definition) is 0. The van der Waals surface area contributed by atoms with Gasteiger partial charge in [-0.15, -0.1) is 11.3 Å². The molecule has 2 aromatic carbocycles. The molecular weight excluding hydrogens is 430 g/mol. The molecule has 0 unspecified atom stereocenters. The van der Waals surface area contributed by atoms with Gasteiger partial charge in [-0.05, 0) is 25.3 Å². The van der Waals surface area contributed by atoms with Crippen LogP contribution in [0.5, 0.6) is 0 Å². The van der Waals surface area contributed by atoms with E-state index < -0.39 is 0 Å². The minimum absolute atomic E-state index is 0.117. The monoisotopic (exact) mass is 454 g/mol. The molecule has 0 aliphatic carbocycles. The largest absolute Gasteiger partial charge is 0.336 e. The molecule has 0 saturated carbocycles. The number of thioether (sulfide) groups is 2. The highest BCUT2D eigenvalue weighted by Gasteiger charge is 2.27. The lowest BCUT2D eigenvalue weighted by Gasteiger charge is -2.15. The van der Waals surface area contributed by atoms with E-state index in [9.17, 15) is 4.79 Å². The van der Waals surface area contributed by atoms with Crippen molar-refractivity contribution >= 4 is 67.5 Å². The molecule has 0 bridgehead atoms. The lowest BCUT2D eigenvalue weighted by atomic mass is 10.1. The van der Waals surface area contributed by atoms with Crippen LogP contribution in [0.15, 0.2) is 46.1 Å². The number of hydrogen-bond acceptors (Lipinski definition) is 5. The molecule has 0 amide bonds. The van der Waals surface area contributed by atoms with E-state index in [1.165, 1.54) is 26.4 Å². The van der Waals surface area contributed by atoms with Crippen molar-refractivity contribution in [2.45, 2.75) is 25.3 Å². The molecule has 3 heterocycles. The van der Waals surface area contributed by atoms with Crippen LogP contribution in [0.25, 0.3) is 21.9 Å². The van der Waals surface area contributed by atoms with Crippen molar-refractivity contribution in [2.24, 2.45) is 0 Å². The Morgan fingerprint density at radius 3 is 2.80 bits per heavy atom. The number of aromatic nitrogens is 1. The quantitative estimate of drug-likeness (QED) is 0.568. The molecule has 0 atom stereocenters. The number of thiazole rings is 1. The van der Waals surface area contributed by atoms with Crippen molar-refractivity contribution in [1.29, 1.82) is 0 Å². The maximum Gasteiger partial charge on any atom is 0.271 e. The van der Waals surface area contributed by atoms with Crippen LogP contribution in [0.2, 0.25) is 0 Å². The lowest BCUT2D eigenvalue weighted by molar-refractivity contribution is -0.512. The van der Waals surface area contributed by atoms with Gasteiger partial charge in [0.2, 0.25) is 5.04 Å². The van der Waals surface area contributed by atoms with Gasteiger partial charge in [-0.2, -0.15) is 0 Å². The van der Waals surface area contributed by atoms with E-state index in [0.717, 1.165) is 33.1 Å². The highest BCUT2D eigenvalue weighted by Crippen LogP contribution is 2.48. The highest BCUT2D eigenvalue weighted by molar-refractivity contribution is 8.14. The zero-order chi connectivity index (χ0) is 20.8. The van der Waals surface area contributed by atoms with Gasteiger partial charge in [0.05, 0.1) is 17.5 Å². The van der Waals surface area contributed by atoms with Gasteiger partial charge in [0, 0.05) is 23.9 Å². The number of nitrogens with zero attached hydrogens (tertiary/aromatic N) is 3. The molecule has 0 spiro atoms. The van der Waals surface area contributed by atoms with Gasteiger partial charge in [-0.3, -0.25) is 9.36 Å². The molecule has 30 heavy (non-hydrogen) atoms. The van der Waals surface area contributed by atoms with E-state index in [-0.39, 0.29) is 5.56 Å². The second kappa shape index (κ2) is 7.94. The summed E-state index contributed by atoms with van der Waals surface area (Å²) in [6.07, 6.45) is 2.21. The van der Waals surface area contributed by atoms with E-state index in [1.807, 2.05) is 16.3 Å². The molecule has 7 heteroatoms. The molecule has 4 nitrogen and oxygen atoms in total. The Kier molecular flexibility index (Phi) is 5.29. The Labute approximate surface area is 188 Å². The van der Waals surface area contributed by atoms with Gasteiger partial charge in [0.25, 0.3) is 5.56 Å². The average Bonchev–Trinajstić information content (AvgIpc) is 3.44. The van der Waals surface area contributed by atoms with Gasteiger partial charge >= 0.3 is 0 Å². The molecule has 2 aliphatic rings. The Balaban J connectivity index is 1.72. The fourth-order valence-corrected chi connectivity index (χ4v) is 7.78. The fourth-order valence-electron chi connectivity index (χ4n) is 4.12. The van der Waals surface area contributed by atoms with E-state index in [1.54, 1.807) is 23.1 Å². The zero-order valence-corrected chi connectivity index (χ0v) is 19.8. The smallest absolute Gasteiger partial charge is 0.271 e. The molecule has 1 aromatic heterocycles. The first kappa shape index (κ1) is 20.0. The molecule has 154 valence electrons. The first-order valence-corrected chi connectivity index (χ1v) is 12.9. The summed E-state index contributed by atoms with van der Waals surface area (Å²) < 4.78 is 6.19. The van der Waals surface area contributed by atoms with Crippen LogP contribution in [0.3, 0.4) is 0 Å². The third-order valence-corrected chi connectivity index (χ3v) is 9.21. The molecule has 3 aromatic rings. The number of anilines is 1. The predicted octanol–water partition coefficient (Wildman–Crippen LogP) is 3.35. The normalized spacial score (nSPS) is 18.8. The fraction of sp³-hybridized carbons (Fsp3) is 0.304. The van der Waals surface area contributed by atoms with Crippen molar-refractivity contribution in [3.05, 3.63) is 55.9 Å². The van der Waals surface area contributed by atoms with Crippen LogP contribution in [-0.4, -0.2) is 40.1 Å². The molecule has 5 rings (SSSR count). The molecule has 2 aliphatic heterocycles.